The summed E-state index contributed by atoms with van der Waals surface area (Å²) < 4.78 is 0. The van der Waals surface area contributed by atoms with Crippen LogP contribution in [0.3, 0.4) is 0 Å². The zero-order valence-corrected chi connectivity index (χ0v) is 12.7. The zero-order valence-electron chi connectivity index (χ0n) is 12.7. The molecule has 0 amide bonds. The molecule has 2 N–H and O–H groups in total. The Morgan fingerprint density at radius 2 is 2.29 bits per heavy atom. The molecule has 3 rings (SSSR count). The lowest BCUT2D eigenvalue weighted by atomic mass is 9.68. The van der Waals surface area contributed by atoms with E-state index in [4.69, 9.17) is 0 Å². The second-order valence-corrected chi connectivity index (χ2v) is 6.50. The van der Waals surface area contributed by atoms with Crippen molar-refractivity contribution in [2.45, 2.75) is 38.5 Å². The number of hydrogen-bond acceptors (Lipinski definition) is 4. The SMILES string of the molecule is OC1=CCC2CCCCC2C1C=NCCCN1C=CNC1. The highest BCUT2D eigenvalue weighted by Crippen LogP contribution is 2.42. The van der Waals surface area contributed by atoms with Crippen LogP contribution in [0.15, 0.2) is 29.2 Å². The lowest BCUT2D eigenvalue weighted by Gasteiger charge is -2.38. The van der Waals surface area contributed by atoms with Crippen molar-refractivity contribution in [3.63, 3.8) is 0 Å². The highest BCUT2D eigenvalue weighted by Gasteiger charge is 2.35. The van der Waals surface area contributed by atoms with Gasteiger partial charge in [0.15, 0.2) is 0 Å². The molecule has 0 aromatic rings. The van der Waals surface area contributed by atoms with Crippen LogP contribution in [0.5, 0.6) is 0 Å². The Kier molecular flexibility index (Phi) is 4.84. The lowest BCUT2D eigenvalue weighted by Crippen LogP contribution is -2.32. The van der Waals surface area contributed by atoms with Crippen LogP contribution in [-0.2, 0) is 0 Å². The molecule has 0 aromatic carbocycles. The van der Waals surface area contributed by atoms with E-state index in [0.717, 1.165) is 38.5 Å². The number of nitrogens with zero attached hydrogens (tertiary/aromatic N) is 2. The molecule has 4 nitrogen and oxygen atoms in total. The molecule has 21 heavy (non-hydrogen) atoms. The predicted octanol–water partition coefficient (Wildman–Crippen LogP) is 3.05. The van der Waals surface area contributed by atoms with E-state index in [-0.39, 0.29) is 5.92 Å². The van der Waals surface area contributed by atoms with Gasteiger partial charge in [0.05, 0.1) is 18.3 Å². The van der Waals surface area contributed by atoms with Crippen molar-refractivity contribution in [2.75, 3.05) is 19.8 Å². The topological polar surface area (TPSA) is 47.9 Å². The molecule has 1 fully saturated rings. The van der Waals surface area contributed by atoms with E-state index in [2.05, 4.69) is 21.4 Å². The van der Waals surface area contributed by atoms with Gasteiger partial charge in [0.25, 0.3) is 0 Å². The minimum absolute atomic E-state index is 0.178. The number of aliphatic hydroxyl groups excluding tert-OH is 1. The molecule has 0 saturated heterocycles. The third-order valence-corrected chi connectivity index (χ3v) is 5.10. The molecule has 3 aliphatic rings. The monoisotopic (exact) mass is 289 g/mol. The summed E-state index contributed by atoms with van der Waals surface area (Å²) in [6, 6.07) is 0. The molecule has 3 unspecified atom stereocenters. The predicted molar refractivity (Wildman–Crippen MR) is 86.1 cm³/mol. The van der Waals surface area contributed by atoms with Crippen molar-refractivity contribution >= 4 is 6.21 Å². The van der Waals surface area contributed by atoms with Gasteiger partial charge < -0.3 is 15.3 Å². The van der Waals surface area contributed by atoms with E-state index >= 15 is 0 Å². The average Bonchev–Trinajstić information content (AvgIpc) is 3.02. The third kappa shape index (κ3) is 3.60. The van der Waals surface area contributed by atoms with E-state index in [1.165, 1.54) is 25.7 Å². The number of nitrogens with one attached hydrogen (secondary N) is 1. The van der Waals surface area contributed by atoms with Crippen molar-refractivity contribution in [3.05, 3.63) is 24.2 Å². The summed E-state index contributed by atoms with van der Waals surface area (Å²) >= 11 is 0. The van der Waals surface area contributed by atoms with Gasteiger partial charge in [0, 0.05) is 31.7 Å². The maximum Gasteiger partial charge on any atom is 0.0969 e. The molecule has 2 aliphatic carbocycles. The highest BCUT2D eigenvalue weighted by atomic mass is 16.3. The first-order chi connectivity index (χ1) is 10.3. The Hall–Kier alpha value is -1.45. The summed E-state index contributed by atoms with van der Waals surface area (Å²) in [5.41, 5.74) is 0. The molecule has 0 bridgehead atoms. The minimum atomic E-state index is 0.178. The summed E-state index contributed by atoms with van der Waals surface area (Å²) in [7, 11) is 0. The number of allylic oxidation sites excluding steroid dienone is 2. The van der Waals surface area contributed by atoms with Gasteiger partial charge in [-0.15, -0.1) is 0 Å². The Balaban J connectivity index is 1.47. The van der Waals surface area contributed by atoms with E-state index in [1.807, 2.05) is 18.5 Å². The van der Waals surface area contributed by atoms with Crippen molar-refractivity contribution in [3.8, 4) is 0 Å². The first-order valence-electron chi connectivity index (χ1n) is 8.37. The Bertz CT molecular complexity index is 430. The van der Waals surface area contributed by atoms with Gasteiger partial charge in [-0.05, 0) is 43.6 Å². The van der Waals surface area contributed by atoms with Crippen molar-refractivity contribution in [1.29, 1.82) is 0 Å². The summed E-state index contributed by atoms with van der Waals surface area (Å²) in [5.74, 6) is 2.14. The van der Waals surface area contributed by atoms with Gasteiger partial charge in [-0.2, -0.15) is 0 Å². The summed E-state index contributed by atoms with van der Waals surface area (Å²) in [4.78, 5) is 6.86. The van der Waals surface area contributed by atoms with Crippen LogP contribution in [0.4, 0.5) is 0 Å². The summed E-state index contributed by atoms with van der Waals surface area (Å²) in [6.45, 7) is 2.81. The number of rotatable bonds is 5. The molecule has 0 radical (unpaired) electrons. The first-order valence-corrected chi connectivity index (χ1v) is 8.37. The fourth-order valence-electron chi connectivity index (χ4n) is 3.90. The molecule has 0 spiro atoms. The number of fused-ring (bicyclic) bond motifs is 1. The van der Waals surface area contributed by atoms with E-state index in [0.29, 0.717) is 11.7 Å². The molecule has 3 atom stereocenters. The van der Waals surface area contributed by atoms with Crippen LogP contribution in [0.2, 0.25) is 0 Å². The van der Waals surface area contributed by atoms with Gasteiger partial charge in [-0.3, -0.25) is 4.99 Å². The van der Waals surface area contributed by atoms with Crippen LogP contribution >= 0.6 is 0 Å². The number of aliphatic hydroxyl groups is 1. The summed E-state index contributed by atoms with van der Waals surface area (Å²) in [6.07, 6.45) is 15.5. The first kappa shape index (κ1) is 14.5. The van der Waals surface area contributed by atoms with Crippen molar-refractivity contribution in [1.82, 2.24) is 10.2 Å². The zero-order chi connectivity index (χ0) is 14.5. The molecule has 116 valence electrons. The lowest BCUT2D eigenvalue weighted by molar-refractivity contribution is 0.165. The van der Waals surface area contributed by atoms with Gasteiger partial charge in [-0.1, -0.05) is 12.8 Å². The van der Waals surface area contributed by atoms with Gasteiger partial charge in [0.2, 0.25) is 0 Å². The minimum Gasteiger partial charge on any atom is -0.512 e. The maximum atomic E-state index is 10.2. The largest absolute Gasteiger partial charge is 0.512 e. The second-order valence-electron chi connectivity index (χ2n) is 6.50. The third-order valence-electron chi connectivity index (χ3n) is 5.10. The van der Waals surface area contributed by atoms with Gasteiger partial charge in [-0.25, -0.2) is 0 Å². The molecular formula is C17H27N3O. The number of aliphatic imine (C=N–C) groups is 1. The van der Waals surface area contributed by atoms with E-state index in [1.54, 1.807) is 0 Å². The van der Waals surface area contributed by atoms with Crippen molar-refractivity contribution in [2.24, 2.45) is 22.7 Å². The van der Waals surface area contributed by atoms with E-state index < -0.39 is 0 Å². The Morgan fingerprint density at radius 1 is 1.38 bits per heavy atom. The van der Waals surface area contributed by atoms with E-state index in [9.17, 15) is 5.11 Å². The van der Waals surface area contributed by atoms with Crippen LogP contribution in [0.1, 0.15) is 38.5 Å². The average molecular weight is 289 g/mol. The highest BCUT2D eigenvalue weighted by molar-refractivity contribution is 5.65. The maximum absolute atomic E-state index is 10.2. The fourth-order valence-corrected chi connectivity index (χ4v) is 3.90. The van der Waals surface area contributed by atoms with Crippen LogP contribution in [0.25, 0.3) is 0 Å². The summed E-state index contributed by atoms with van der Waals surface area (Å²) in [5, 5.41) is 13.3. The quantitative estimate of drug-likeness (QED) is 0.604. The molecule has 0 aromatic heterocycles. The van der Waals surface area contributed by atoms with Gasteiger partial charge >= 0.3 is 0 Å². The number of hydrogen-bond donors (Lipinski definition) is 2. The molecule has 1 aliphatic heterocycles. The fraction of sp³-hybridized carbons (Fsp3) is 0.706. The normalized spacial score (nSPS) is 32.1. The smallest absolute Gasteiger partial charge is 0.0969 e. The molecular weight excluding hydrogens is 262 g/mol. The Labute approximate surface area is 127 Å². The van der Waals surface area contributed by atoms with Crippen LogP contribution in [0, 0.1) is 17.8 Å². The van der Waals surface area contributed by atoms with Crippen molar-refractivity contribution < 1.29 is 5.11 Å². The standard InChI is InChI=1S/C17H27N3O/c21-17-7-6-14-4-1-2-5-15(14)16(17)12-18-8-3-10-20-11-9-19-13-20/h7,9,11-12,14-16,19,21H,1-6,8,10,13H2. The molecule has 4 heteroatoms. The van der Waals surface area contributed by atoms with Crippen LogP contribution < -0.4 is 5.32 Å². The second kappa shape index (κ2) is 7.01. The van der Waals surface area contributed by atoms with Crippen LogP contribution in [-0.4, -0.2) is 36.0 Å². The molecule has 1 saturated carbocycles. The Morgan fingerprint density at radius 3 is 3.14 bits per heavy atom. The molecule has 1 heterocycles. The van der Waals surface area contributed by atoms with Gasteiger partial charge in [0.1, 0.15) is 0 Å².